The van der Waals surface area contributed by atoms with E-state index in [2.05, 4.69) is 16.8 Å². The van der Waals surface area contributed by atoms with Gasteiger partial charge in [0.05, 0.1) is 7.11 Å². The predicted molar refractivity (Wildman–Crippen MR) is 58.4 cm³/mol. The summed E-state index contributed by atoms with van der Waals surface area (Å²) in [5.74, 6) is 5.08. The van der Waals surface area contributed by atoms with E-state index in [4.69, 9.17) is 27.9 Å². The summed E-state index contributed by atoms with van der Waals surface area (Å²) in [5, 5.41) is 0.332. The van der Waals surface area contributed by atoms with Crippen molar-refractivity contribution in [1.29, 1.82) is 0 Å². The van der Waals surface area contributed by atoms with E-state index in [0.29, 0.717) is 11.3 Å². The van der Waals surface area contributed by atoms with Gasteiger partial charge in [-0.15, -0.1) is 0 Å². The highest BCUT2D eigenvalue weighted by molar-refractivity contribution is 6.33. The highest BCUT2D eigenvalue weighted by Gasteiger charge is 2.08. The van der Waals surface area contributed by atoms with Crippen LogP contribution in [0.4, 0.5) is 0 Å². The number of nitrogens with zero attached hydrogens (tertiary/aromatic N) is 1. The summed E-state index contributed by atoms with van der Waals surface area (Å²) in [6.45, 7) is 1.36. The molecule has 1 aromatic heterocycles. The molecule has 0 aromatic carbocycles. The first-order valence-corrected chi connectivity index (χ1v) is 4.72. The highest BCUT2D eigenvalue weighted by atomic mass is 35.5. The molecule has 0 spiro atoms. The molecule has 0 saturated heterocycles. The summed E-state index contributed by atoms with van der Waals surface area (Å²) in [6.07, 6.45) is 0. The van der Waals surface area contributed by atoms with Crippen molar-refractivity contribution in [3.8, 4) is 17.6 Å². The molecule has 0 atom stereocenters. The van der Waals surface area contributed by atoms with Crippen LogP contribution in [0, 0.1) is 11.8 Å². The van der Waals surface area contributed by atoms with Crippen LogP contribution >= 0.6 is 23.2 Å². The van der Waals surface area contributed by atoms with E-state index in [1.807, 2.05) is 0 Å². The van der Waals surface area contributed by atoms with Gasteiger partial charge in [0.1, 0.15) is 21.6 Å². The minimum absolute atomic E-state index is 0.119. The van der Waals surface area contributed by atoms with E-state index >= 15 is 0 Å². The summed E-state index contributed by atoms with van der Waals surface area (Å²) >= 11 is 11.5. The van der Waals surface area contributed by atoms with Crippen molar-refractivity contribution in [3.05, 3.63) is 21.9 Å². The number of methoxy groups -OCH3 is 1. The first-order chi connectivity index (χ1) is 7.04. The number of Topliss-reactive ketones (excluding diaryl/α,β-unsaturated/α-hetero) is 1. The van der Waals surface area contributed by atoms with E-state index in [1.165, 1.54) is 20.1 Å². The molecular formula is C10H7Cl2NO2. The van der Waals surface area contributed by atoms with Crippen molar-refractivity contribution in [2.45, 2.75) is 6.92 Å². The summed E-state index contributed by atoms with van der Waals surface area (Å²) in [4.78, 5) is 14.5. The maximum atomic E-state index is 10.7. The Bertz CT molecular complexity index is 460. The minimum Gasteiger partial charge on any atom is -0.495 e. The Labute approximate surface area is 97.4 Å². The molecule has 1 rings (SSSR count). The quantitative estimate of drug-likeness (QED) is 0.562. The molecule has 1 aromatic rings. The van der Waals surface area contributed by atoms with Gasteiger partial charge in [0.25, 0.3) is 0 Å². The largest absolute Gasteiger partial charge is 0.495 e. The number of carbonyl (C=O) groups excluding carboxylic acids is 1. The van der Waals surface area contributed by atoms with E-state index < -0.39 is 0 Å². The number of halogens is 2. The van der Waals surface area contributed by atoms with Crippen molar-refractivity contribution in [2.24, 2.45) is 0 Å². The molecule has 5 heteroatoms. The third kappa shape index (κ3) is 3.12. The van der Waals surface area contributed by atoms with Crippen molar-refractivity contribution < 1.29 is 9.53 Å². The van der Waals surface area contributed by atoms with Crippen LogP contribution in [0.25, 0.3) is 0 Å². The Kier molecular flexibility index (Phi) is 3.96. The normalized spacial score (nSPS) is 9.07. The molecule has 0 saturated carbocycles. The molecular weight excluding hydrogens is 237 g/mol. The number of ether oxygens (including phenoxy) is 1. The molecule has 0 N–H and O–H groups in total. The maximum absolute atomic E-state index is 10.7. The molecule has 0 radical (unpaired) electrons. The van der Waals surface area contributed by atoms with Crippen molar-refractivity contribution >= 4 is 29.0 Å². The van der Waals surface area contributed by atoms with E-state index in [9.17, 15) is 4.79 Å². The van der Waals surface area contributed by atoms with E-state index in [-0.39, 0.29) is 16.1 Å². The Morgan fingerprint density at radius 2 is 2.20 bits per heavy atom. The maximum Gasteiger partial charge on any atom is 0.202 e. The van der Waals surface area contributed by atoms with Crippen molar-refractivity contribution in [3.63, 3.8) is 0 Å². The van der Waals surface area contributed by atoms with Crippen LogP contribution in [0.2, 0.25) is 10.3 Å². The number of aromatic nitrogens is 1. The Hall–Kier alpha value is -1.24. The second-order valence-electron chi connectivity index (χ2n) is 2.62. The summed E-state index contributed by atoms with van der Waals surface area (Å²) in [6, 6.07) is 1.48. The summed E-state index contributed by atoms with van der Waals surface area (Å²) < 4.78 is 5.02. The molecule has 15 heavy (non-hydrogen) atoms. The van der Waals surface area contributed by atoms with Gasteiger partial charge in [0, 0.05) is 13.0 Å². The lowest BCUT2D eigenvalue weighted by Gasteiger charge is -2.04. The first kappa shape index (κ1) is 11.8. The molecule has 0 fully saturated rings. The first-order valence-electron chi connectivity index (χ1n) is 3.97. The topological polar surface area (TPSA) is 39.2 Å². The summed E-state index contributed by atoms with van der Waals surface area (Å²) in [7, 11) is 1.46. The zero-order valence-electron chi connectivity index (χ0n) is 8.10. The lowest BCUT2D eigenvalue weighted by molar-refractivity contribution is -0.111. The van der Waals surface area contributed by atoms with Crippen molar-refractivity contribution in [2.75, 3.05) is 7.11 Å². The average Bonchev–Trinajstić information content (AvgIpc) is 2.14. The van der Waals surface area contributed by atoms with Gasteiger partial charge in [0.15, 0.2) is 0 Å². The van der Waals surface area contributed by atoms with Crippen molar-refractivity contribution in [1.82, 2.24) is 4.98 Å². The molecule has 0 amide bonds. The average molecular weight is 244 g/mol. The van der Waals surface area contributed by atoms with Gasteiger partial charge in [-0.05, 0) is 5.92 Å². The number of ketones is 1. The Morgan fingerprint density at radius 3 is 2.73 bits per heavy atom. The monoisotopic (exact) mass is 243 g/mol. The molecule has 78 valence electrons. The van der Waals surface area contributed by atoms with Gasteiger partial charge in [-0.2, -0.15) is 0 Å². The molecule has 3 nitrogen and oxygen atoms in total. The third-order valence-electron chi connectivity index (χ3n) is 1.49. The smallest absolute Gasteiger partial charge is 0.202 e. The lowest BCUT2D eigenvalue weighted by atomic mass is 10.2. The van der Waals surface area contributed by atoms with Gasteiger partial charge in [-0.1, -0.05) is 29.1 Å². The molecule has 0 aliphatic carbocycles. The number of hydrogen-bond donors (Lipinski definition) is 0. The van der Waals surface area contributed by atoms with Gasteiger partial charge < -0.3 is 4.74 Å². The molecule has 0 aliphatic rings. The van der Waals surface area contributed by atoms with E-state index in [0.717, 1.165) is 0 Å². The van der Waals surface area contributed by atoms with Crippen LogP contribution in [-0.4, -0.2) is 17.9 Å². The van der Waals surface area contributed by atoms with Crippen LogP contribution in [0.5, 0.6) is 5.75 Å². The standard InChI is InChI=1S/C10H7Cl2NO2/c1-6(14)3-4-7-8(15-2)5-9(11)13-10(7)12/h5H,1-2H3. The molecule has 0 aliphatic heterocycles. The lowest BCUT2D eigenvalue weighted by Crippen LogP contribution is -1.92. The highest BCUT2D eigenvalue weighted by Crippen LogP contribution is 2.26. The zero-order chi connectivity index (χ0) is 11.4. The molecule has 1 heterocycles. The predicted octanol–water partition coefficient (Wildman–Crippen LogP) is 2.34. The third-order valence-corrected chi connectivity index (χ3v) is 1.96. The Balaban J connectivity index is 3.29. The number of pyridine rings is 1. The SMILES string of the molecule is COc1cc(Cl)nc(Cl)c1C#CC(C)=O. The fraction of sp³-hybridized carbons (Fsp3) is 0.200. The number of hydrogen-bond acceptors (Lipinski definition) is 3. The minimum atomic E-state index is -0.261. The van der Waals surface area contributed by atoms with Gasteiger partial charge in [-0.25, -0.2) is 4.98 Å². The van der Waals surface area contributed by atoms with Crippen LogP contribution in [0.3, 0.4) is 0 Å². The van der Waals surface area contributed by atoms with Gasteiger partial charge in [-0.3, -0.25) is 4.79 Å². The van der Waals surface area contributed by atoms with E-state index in [1.54, 1.807) is 0 Å². The summed E-state index contributed by atoms with van der Waals surface area (Å²) in [5.41, 5.74) is 0.360. The van der Waals surface area contributed by atoms with Gasteiger partial charge >= 0.3 is 0 Å². The Morgan fingerprint density at radius 1 is 1.53 bits per heavy atom. The molecule has 0 bridgehead atoms. The van der Waals surface area contributed by atoms with Crippen LogP contribution < -0.4 is 4.74 Å². The van der Waals surface area contributed by atoms with Gasteiger partial charge in [0.2, 0.25) is 5.78 Å². The fourth-order valence-electron chi connectivity index (χ4n) is 0.889. The fourth-order valence-corrected chi connectivity index (χ4v) is 1.35. The van der Waals surface area contributed by atoms with Crippen LogP contribution in [-0.2, 0) is 4.79 Å². The van der Waals surface area contributed by atoms with Crippen LogP contribution in [0.1, 0.15) is 12.5 Å². The second kappa shape index (κ2) is 5.01. The second-order valence-corrected chi connectivity index (χ2v) is 3.36. The van der Waals surface area contributed by atoms with Crippen LogP contribution in [0.15, 0.2) is 6.07 Å². The zero-order valence-corrected chi connectivity index (χ0v) is 9.61. The number of rotatable bonds is 1. The number of carbonyl (C=O) groups is 1. The molecule has 0 unspecified atom stereocenters.